The summed E-state index contributed by atoms with van der Waals surface area (Å²) in [5, 5.41) is 0. The smallest absolute Gasteiger partial charge is 0.0292 e. The summed E-state index contributed by atoms with van der Waals surface area (Å²) in [5.74, 6) is 6.08. The third-order valence-electron chi connectivity index (χ3n) is 8.14. The molecule has 0 aliphatic heterocycles. The maximum Gasteiger partial charge on any atom is -0.0292 e. The van der Waals surface area contributed by atoms with Gasteiger partial charge in [-0.2, -0.15) is 0 Å². The van der Waals surface area contributed by atoms with Crippen molar-refractivity contribution in [1.29, 1.82) is 0 Å². The van der Waals surface area contributed by atoms with E-state index in [1.54, 1.807) is 32.1 Å². The van der Waals surface area contributed by atoms with Crippen molar-refractivity contribution in [3.63, 3.8) is 0 Å². The van der Waals surface area contributed by atoms with Gasteiger partial charge in [-0.25, -0.2) is 0 Å². The molecule has 0 heteroatoms. The molecule has 0 nitrogen and oxygen atoms in total. The average molecular weight is 287 g/mol. The second-order valence-electron chi connectivity index (χ2n) is 9.25. The molecule has 118 valence electrons. The minimum Gasteiger partial charge on any atom is -0.0883 e. The van der Waals surface area contributed by atoms with E-state index in [4.69, 9.17) is 0 Å². The zero-order valence-electron chi connectivity index (χ0n) is 14.2. The van der Waals surface area contributed by atoms with Crippen LogP contribution in [-0.2, 0) is 0 Å². The number of allylic oxidation sites excluding steroid dienone is 2. The zero-order valence-corrected chi connectivity index (χ0v) is 14.2. The SMILES string of the molecule is CC1CCCC23CCCC4C(C)CC=CCC(C1C2)C4C3. The van der Waals surface area contributed by atoms with Crippen LogP contribution >= 0.6 is 0 Å². The third kappa shape index (κ3) is 2.41. The third-order valence-corrected chi connectivity index (χ3v) is 8.14. The van der Waals surface area contributed by atoms with Crippen molar-refractivity contribution in [1.82, 2.24) is 0 Å². The molecule has 3 bridgehead atoms. The molecular weight excluding hydrogens is 252 g/mol. The molecular formula is C21H34. The largest absolute Gasteiger partial charge is 0.0883 e. The molecule has 0 N–H and O–H groups in total. The van der Waals surface area contributed by atoms with Gasteiger partial charge in [-0.05, 0) is 85.9 Å². The molecule has 7 unspecified atom stereocenters. The van der Waals surface area contributed by atoms with E-state index in [9.17, 15) is 0 Å². The van der Waals surface area contributed by atoms with E-state index < -0.39 is 0 Å². The van der Waals surface area contributed by atoms with E-state index in [-0.39, 0.29) is 0 Å². The molecule has 3 saturated carbocycles. The van der Waals surface area contributed by atoms with Crippen LogP contribution in [0.3, 0.4) is 0 Å². The Kier molecular flexibility index (Phi) is 3.71. The van der Waals surface area contributed by atoms with Crippen molar-refractivity contribution in [2.45, 2.75) is 78.1 Å². The Morgan fingerprint density at radius 2 is 1.43 bits per heavy atom. The number of hydrogen-bond acceptors (Lipinski definition) is 0. The van der Waals surface area contributed by atoms with Gasteiger partial charge in [-0.1, -0.05) is 45.3 Å². The van der Waals surface area contributed by atoms with Gasteiger partial charge in [0, 0.05) is 0 Å². The molecule has 4 aliphatic rings. The lowest BCUT2D eigenvalue weighted by Crippen LogP contribution is -2.43. The standard InChI is InChI=1S/C21H34/c1-15-7-3-4-9-18-19-13-21(11-5-8-16(19)2)12-6-10-17(15)20(18)14-21/h3-4,15-20H,5-14H2,1-2H3. The van der Waals surface area contributed by atoms with Crippen molar-refractivity contribution >= 4 is 0 Å². The maximum atomic E-state index is 2.59. The van der Waals surface area contributed by atoms with E-state index in [1.165, 1.54) is 32.1 Å². The highest BCUT2D eigenvalue weighted by Gasteiger charge is 2.51. The summed E-state index contributed by atoms with van der Waals surface area (Å²) in [6, 6.07) is 0. The molecule has 1 spiro atoms. The van der Waals surface area contributed by atoms with Crippen LogP contribution in [0.5, 0.6) is 0 Å². The van der Waals surface area contributed by atoms with Crippen molar-refractivity contribution in [2.75, 3.05) is 0 Å². The molecule has 0 radical (unpaired) electrons. The van der Waals surface area contributed by atoms with Crippen LogP contribution < -0.4 is 0 Å². The molecule has 4 rings (SSSR count). The lowest BCUT2D eigenvalue weighted by molar-refractivity contribution is -0.00986. The minimum atomic E-state index is 0.772. The summed E-state index contributed by atoms with van der Waals surface area (Å²) in [5.41, 5.74) is 0.772. The highest BCUT2D eigenvalue weighted by atomic mass is 14.6. The van der Waals surface area contributed by atoms with Gasteiger partial charge >= 0.3 is 0 Å². The molecule has 0 aromatic rings. The van der Waals surface area contributed by atoms with Gasteiger partial charge in [-0.15, -0.1) is 0 Å². The fraction of sp³-hybridized carbons (Fsp3) is 0.905. The van der Waals surface area contributed by atoms with Gasteiger partial charge in [0.2, 0.25) is 0 Å². The van der Waals surface area contributed by atoms with E-state index >= 15 is 0 Å². The van der Waals surface area contributed by atoms with E-state index in [0.717, 1.165) is 40.9 Å². The molecule has 7 atom stereocenters. The monoisotopic (exact) mass is 286 g/mol. The van der Waals surface area contributed by atoms with Gasteiger partial charge in [0.15, 0.2) is 0 Å². The van der Waals surface area contributed by atoms with Crippen LogP contribution in [0.1, 0.15) is 78.1 Å². The molecule has 0 amide bonds. The van der Waals surface area contributed by atoms with Crippen molar-refractivity contribution in [3.8, 4) is 0 Å². The number of rotatable bonds is 0. The Bertz CT molecular complexity index is 408. The fourth-order valence-electron chi connectivity index (χ4n) is 7.06. The molecule has 4 aliphatic carbocycles. The van der Waals surface area contributed by atoms with Crippen molar-refractivity contribution in [2.24, 2.45) is 40.9 Å². The van der Waals surface area contributed by atoms with Gasteiger partial charge in [0.1, 0.15) is 0 Å². The highest BCUT2D eigenvalue weighted by Crippen LogP contribution is 2.61. The topological polar surface area (TPSA) is 0 Å². The quantitative estimate of drug-likeness (QED) is 0.464. The molecule has 0 aromatic heterocycles. The van der Waals surface area contributed by atoms with Crippen molar-refractivity contribution < 1.29 is 0 Å². The van der Waals surface area contributed by atoms with Crippen LogP contribution in [0, 0.1) is 40.9 Å². The molecule has 0 saturated heterocycles. The number of fused-ring (bicyclic) bond motifs is 2. The first-order chi connectivity index (χ1) is 10.2. The first-order valence-corrected chi connectivity index (χ1v) is 9.83. The van der Waals surface area contributed by atoms with Gasteiger partial charge in [-0.3, -0.25) is 0 Å². The molecule has 21 heavy (non-hydrogen) atoms. The van der Waals surface area contributed by atoms with E-state index in [0.29, 0.717) is 0 Å². The van der Waals surface area contributed by atoms with Crippen LogP contribution in [0.2, 0.25) is 0 Å². The lowest BCUT2D eigenvalue weighted by atomic mass is 9.54. The van der Waals surface area contributed by atoms with E-state index in [2.05, 4.69) is 26.0 Å². The Balaban J connectivity index is 1.75. The summed E-state index contributed by atoms with van der Waals surface area (Å²) in [6.07, 6.45) is 20.3. The summed E-state index contributed by atoms with van der Waals surface area (Å²) >= 11 is 0. The predicted molar refractivity (Wildman–Crippen MR) is 90.0 cm³/mol. The summed E-state index contributed by atoms with van der Waals surface area (Å²) in [4.78, 5) is 0. The predicted octanol–water partition coefficient (Wildman–Crippen LogP) is 6.22. The Morgan fingerprint density at radius 3 is 2.29 bits per heavy atom. The fourth-order valence-corrected chi connectivity index (χ4v) is 7.06. The Labute approximate surface area is 131 Å². The number of hydrogen-bond donors (Lipinski definition) is 0. The normalized spacial score (nSPS) is 53.2. The lowest BCUT2D eigenvalue weighted by Gasteiger charge is -2.51. The Hall–Kier alpha value is -0.260. The highest BCUT2D eigenvalue weighted by molar-refractivity contribution is 5.05. The summed E-state index contributed by atoms with van der Waals surface area (Å²) in [6.45, 7) is 5.14. The second-order valence-corrected chi connectivity index (χ2v) is 9.25. The van der Waals surface area contributed by atoms with Gasteiger partial charge in [0.05, 0.1) is 0 Å². The van der Waals surface area contributed by atoms with E-state index in [1.807, 2.05) is 0 Å². The molecule has 0 aromatic carbocycles. The van der Waals surface area contributed by atoms with Gasteiger partial charge in [0.25, 0.3) is 0 Å². The first kappa shape index (κ1) is 14.3. The van der Waals surface area contributed by atoms with Crippen LogP contribution in [0.15, 0.2) is 12.2 Å². The average Bonchev–Trinajstić information content (AvgIpc) is 2.68. The zero-order chi connectivity index (χ0) is 14.4. The van der Waals surface area contributed by atoms with Crippen LogP contribution in [0.25, 0.3) is 0 Å². The van der Waals surface area contributed by atoms with Crippen LogP contribution in [-0.4, -0.2) is 0 Å². The maximum absolute atomic E-state index is 2.59. The first-order valence-electron chi connectivity index (χ1n) is 9.83. The summed E-state index contributed by atoms with van der Waals surface area (Å²) in [7, 11) is 0. The molecule has 0 heterocycles. The second kappa shape index (κ2) is 5.43. The van der Waals surface area contributed by atoms with Crippen molar-refractivity contribution in [3.05, 3.63) is 12.2 Å². The summed E-state index contributed by atoms with van der Waals surface area (Å²) < 4.78 is 0. The minimum absolute atomic E-state index is 0.772. The van der Waals surface area contributed by atoms with Crippen LogP contribution in [0.4, 0.5) is 0 Å². The molecule has 3 fully saturated rings. The Morgan fingerprint density at radius 1 is 0.714 bits per heavy atom. The van der Waals surface area contributed by atoms with Gasteiger partial charge < -0.3 is 0 Å².